The molecule has 102 valence electrons. The number of nitrogens with zero attached hydrogens (tertiary/aromatic N) is 3. The number of rotatable bonds is 2. The quantitative estimate of drug-likeness (QED) is 0.806. The number of hydrogen-bond acceptors (Lipinski definition) is 5. The molecule has 0 bridgehead atoms. The topological polar surface area (TPSA) is 90.5 Å². The van der Waals surface area contributed by atoms with Gasteiger partial charge in [0.2, 0.25) is 10.0 Å². The van der Waals surface area contributed by atoms with Crippen molar-refractivity contribution in [1.29, 1.82) is 0 Å². The number of morpholine rings is 1. The number of aryl methyl sites for hydroxylation is 1. The Kier molecular flexibility index (Phi) is 3.35. The summed E-state index contributed by atoms with van der Waals surface area (Å²) < 4.78 is 33.3. The van der Waals surface area contributed by atoms with E-state index in [1.807, 2.05) is 13.8 Å². The highest BCUT2D eigenvalue weighted by molar-refractivity contribution is 7.89. The first-order valence-corrected chi connectivity index (χ1v) is 7.19. The van der Waals surface area contributed by atoms with Crippen LogP contribution >= 0.6 is 0 Å². The van der Waals surface area contributed by atoms with E-state index in [1.54, 1.807) is 7.05 Å². The van der Waals surface area contributed by atoms with Crippen LogP contribution in [0.1, 0.15) is 13.8 Å². The van der Waals surface area contributed by atoms with Crippen LogP contribution in [0.4, 0.5) is 5.82 Å². The average Bonchev–Trinajstić information content (AvgIpc) is 2.62. The lowest BCUT2D eigenvalue weighted by Gasteiger charge is -2.35. The largest absolute Gasteiger partial charge is 0.381 e. The standard InChI is InChI=1S/C10H18N4O3S/c1-7-6-17-8(2)4-14(7)18(15,16)9-5-13(3)12-10(9)11/h5,7-8H,4,6H2,1-3H3,(H2,11,12). The molecule has 1 fully saturated rings. The van der Waals surface area contributed by atoms with Gasteiger partial charge in [-0.1, -0.05) is 0 Å². The molecular formula is C10H18N4O3S. The van der Waals surface area contributed by atoms with E-state index >= 15 is 0 Å². The molecular weight excluding hydrogens is 256 g/mol. The first-order valence-electron chi connectivity index (χ1n) is 5.75. The van der Waals surface area contributed by atoms with Crippen molar-refractivity contribution >= 4 is 15.8 Å². The Balaban J connectivity index is 2.38. The zero-order valence-corrected chi connectivity index (χ0v) is 11.5. The van der Waals surface area contributed by atoms with E-state index in [1.165, 1.54) is 15.2 Å². The highest BCUT2D eigenvalue weighted by atomic mass is 32.2. The number of hydrogen-bond donors (Lipinski definition) is 1. The summed E-state index contributed by atoms with van der Waals surface area (Å²) in [6.45, 7) is 4.38. The molecule has 2 heterocycles. The smallest absolute Gasteiger partial charge is 0.248 e. The van der Waals surface area contributed by atoms with E-state index in [4.69, 9.17) is 10.5 Å². The van der Waals surface area contributed by atoms with Gasteiger partial charge in [-0.3, -0.25) is 4.68 Å². The minimum absolute atomic E-state index is 0.0313. The van der Waals surface area contributed by atoms with Crippen LogP contribution < -0.4 is 5.73 Å². The first kappa shape index (κ1) is 13.3. The fourth-order valence-corrected chi connectivity index (χ4v) is 3.80. The molecule has 8 heteroatoms. The molecule has 2 rings (SSSR count). The second-order valence-corrected chi connectivity index (χ2v) is 6.48. The van der Waals surface area contributed by atoms with Gasteiger partial charge in [-0.25, -0.2) is 8.42 Å². The number of anilines is 1. The van der Waals surface area contributed by atoms with Gasteiger partial charge in [-0.15, -0.1) is 0 Å². The number of nitrogen functional groups attached to an aromatic ring is 1. The van der Waals surface area contributed by atoms with E-state index in [2.05, 4.69) is 5.10 Å². The summed E-state index contributed by atoms with van der Waals surface area (Å²) in [7, 11) is -1.97. The maximum absolute atomic E-state index is 12.5. The van der Waals surface area contributed by atoms with Crippen LogP contribution in [0.15, 0.2) is 11.1 Å². The predicted molar refractivity (Wildman–Crippen MR) is 66.4 cm³/mol. The molecule has 0 amide bonds. The molecule has 1 aliphatic rings. The predicted octanol–water partition coefficient (Wildman–Crippen LogP) is -0.200. The Hall–Kier alpha value is -1.12. The number of aromatic nitrogens is 2. The highest BCUT2D eigenvalue weighted by Crippen LogP contribution is 2.25. The Labute approximate surface area is 107 Å². The maximum Gasteiger partial charge on any atom is 0.248 e. The summed E-state index contributed by atoms with van der Waals surface area (Å²) >= 11 is 0. The summed E-state index contributed by atoms with van der Waals surface area (Å²) in [6.07, 6.45) is 1.31. The van der Waals surface area contributed by atoms with Crippen LogP contribution in [0.2, 0.25) is 0 Å². The fourth-order valence-electron chi connectivity index (χ4n) is 2.02. The van der Waals surface area contributed by atoms with Crippen LogP contribution in [0.25, 0.3) is 0 Å². The van der Waals surface area contributed by atoms with Gasteiger partial charge in [0.25, 0.3) is 0 Å². The number of ether oxygens (including phenoxy) is 1. The molecule has 0 saturated carbocycles. The molecule has 2 unspecified atom stereocenters. The molecule has 2 atom stereocenters. The van der Waals surface area contributed by atoms with E-state index in [9.17, 15) is 8.42 Å². The van der Waals surface area contributed by atoms with Gasteiger partial charge in [-0.05, 0) is 13.8 Å². The van der Waals surface area contributed by atoms with Gasteiger partial charge in [0.1, 0.15) is 4.90 Å². The maximum atomic E-state index is 12.5. The van der Waals surface area contributed by atoms with Crippen molar-refractivity contribution in [2.75, 3.05) is 18.9 Å². The molecule has 1 aromatic heterocycles. The Morgan fingerprint density at radius 3 is 2.72 bits per heavy atom. The van der Waals surface area contributed by atoms with Crippen LogP contribution in [0.3, 0.4) is 0 Å². The molecule has 0 aliphatic carbocycles. The summed E-state index contributed by atoms with van der Waals surface area (Å²) in [5, 5.41) is 3.87. The van der Waals surface area contributed by atoms with Crippen LogP contribution in [-0.2, 0) is 21.8 Å². The molecule has 18 heavy (non-hydrogen) atoms. The third-order valence-electron chi connectivity index (χ3n) is 2.96. The minimum atomic E-state index is -3.61. The summed E-state index contributed by atoms with van der Waals surface area (Å²) in [4.78, 5) is 0.0611. The van der Waals surface area contributed by atoms with Crippen molar-refractivity contribution in [1.82, 2.24) is 14.1 Å². The molecule has 1 saturated heterocycles. The average molecular weight is 274 g/mol. The summed E-state index contributed by atoms with van der Waals surface area (Å²) in [5.41, 5.74) is 5.65. The highest BCUT2D eigenvalue weighted by Gasteiger charge is 2.36. The monoisotopic (exact) mass is 274 g/mol. The zero-order valence-electron chi connectivity index (χ0n) is 10.7. The zero-order chi connectivity index (χ0) is 13.5. The van der Waals surface area contributed by atoms with E-state index in [0.717, 1.165) is 0 Å². The van der Waals surface area contributed by atoms with Gasteiger partial charge < -0.3 is 10.5 Å². The van der Waals surface area contributed by atoms with E-state index < -0.39 is 10.0 Å². The third kappa shape index (κ3) is 2.23. The van der Waals surface area contributed by atoms with Crippen LogP contribution in [0, 0.1) is 0 Å². The molecule has 0 radical (unpaired) electrons. The minimum Gasteiger partial charge on any atom is -0.381 e. The second-order valence-electron chi connectivity index (χ2n) is 4.62. The van der Waals surface area contributed by atoms with Crippen molar-refractivity contribution in [2.45, 2.75) is 30.9 Å². The summed E-state index contributed by atoms with van der Waals surface area (Å²) in [5.74, 6) is 0.0313. The van der Waals surface area contributed by atoms with Crippen molar-refractivity contribution < 1.29 is 13.2 Å². The lowest BCUT2D eigenvalue weighted by molar-refractivity contribution is -0.0170. The Morgan fingerprint density at radius 2 is 2.17 bits per heavy atom. The first-order chi connectivity index (χ1) is 8.32. The second kappa shape index (κ2) is 4.52. The fraction of sp³-hybridized carbons (Fsp3) is 0.700. The molecule has 1 aromatic rings. The van der Waals surface area contributed by atoms with Gasteiger partial charge in [0, 0.05) is 25.8 Å². The Bertz CT molecular complexity index is 539. The molecule has 0 aromatic carbocycles. The number of sulfonamides is 1. The van der Waals surface area contributed by atoms with Gasteiger partial charge in [0.15, 0.2) is 5.82 Å². The van der Waals surface area contributed by atoms with Gasteiger partial charge >= 0.3 is 0 Å². The number of nitrogens with two attached hydrogens (primary N) is 1. The van der Waals surface area contributed by atoms with Crippen molar-refractivity contribution in [3.63, 3.8) is 0 Å². The van der Waals surface area contributed by atoms with E-state index in [-0.39, 0.29) is 22.9 Å². The lowest BCUT2D eigenvalue weighted by Crippen LogP contribution is -2.50. The van der Waals surface area contributed by atoms with Gasteiger partial charge in [0.05, 0.1) is 12.7 Å². The molecule has 7 nitrogen and oxygen atoms in total. The van der Waals surface area contributed by atoms with Gasteiger partial charge in [-0.2, -0.15) is 9.40 Å². The normalized spacial score (nSPS) is 26.4. The Morgan fingerprint density at radius 1 is 1.50 bits per heavy atom. The van der Waals surface area contributed by atoms with Crippen molar-refractivity contribution in [2.24, 2.45) is 7.05 Å². The van der Waals surface area contributed by atoms with Crippen molar-refractivity contribution in [3.05, 3.63) is 6.20 Å². The molecule has 2 N–H and O–H groups in total. The third-order valence-corrected chi connectivity index (χ3v) is 4.96. The summed E-state index contributed by atoms with van der Waals surface area (Å²) in [6, 6.07) is -0.203. The van der Waals surface area contributed by atoms with Crippen molar-refractivity contribution in [3.8, 4) is 0 Å². The van der Waals surface area contributed by atoms with Crippen LogP contribution in [-0.4, -0.2) is 47.8 Å². The van der Waals surface area contributed by atoms with Crippen LogP contribution in [0.5, 0.6) is 0 Å². The van der Waals surface area contributed by atoms with E-state index in [0.29, 0.717) is 13.2 Å². The molecule has 0 spiro atoms. The SMILES string of the molecule is CC1CN(S(=O)(=O)c2cn(C)nc2N)C(C)CO1. The molecule has 1 aliphatic heterocycles. The lowest BCUT2D eigenvalue weighted by atomic mass is 10.2.